The molecule has 1 aliphatic rings. The van der Waals surface area contributed by atoms with Crippen LogP contribution in [0.15, 0.2) is 11.2 Å². The van der Waals surface area contributed by atoms with Crippen molar-refractivity contribution in [1.82, 2.24) is 15.3 Å². The molecule has 1 aromatic heterocycles. The first-order chi connectivity index (χ1) is 7.65. The first-order valence-corrected chi connectivity index (χ1v) is 6.95. The lowest BCUT2D eigenvalue weighted by Gasteiger charge is -2.07. The highest BCUT2D eigenvalue weighted by Crippen LogP contribution is 2.14. The largest absolute Gasteiger partial charge is 0.316 e. The average Bonchev–Trinajstić information content (AvgIpc) is 2.68. The molecule has 0 radical (unpaired) electrons. The van der Waals surface area contributed by atoms with Crippen LogP contribution < -0.4 is 5.32 Å². The first-order valence-electron chi connectivity index (χ1n) is 5.25. The fourth-order valence-electron chi connectivity index (χ4n) is 1.75. The van der Waals surface area contributed by atoms with Gasteiger partial charge < -0.3 is 5.32 Å². The van der Waals surface area contributed by atoms with Gasteiger partial charge in [-0.2, -0.15) is 0 Å². The van der Waals surface area contributed by atoms with E-state index in [4.69, 9.17) is 11.6 Å². The number of rotatable bonds is 3. The molecule has 1 aliphatic heterocycles. The standard InChI is InChI=1S/C10H14ClN3OS/c1-7-4-9(11)14-10(13-7)16(15)6-8-2-3-12-5-8/h4,8,12H,2-3,5-6H2,1H3/t8-,16-/m1/s1. The van der Waals surface area contributed by atoms with E-state index in [-0.39, 0.29) is 0 Å². The first kappa shape index (κ1) is 12.0. The van der Waals surface area contributed by atoms with Crippen molar-refractivity contribution in [3.05, 3.63) is 16.9 Å². The molecule has 4 nitrogen and oxygen atoms in total. The normalized spacial score (nSPS) is 22.2. The second kappa shape index (κ2) is 5.21. The lowest BCUT2D eigenvalue weighted by molar-refractivity contribution is 0.627. The molecule has 88 valence electrons. The maximum atomic E-state index is 12.0. The van der Waals surface area contributed by atoms with Crippen molar-refractivity contribution < 1.29 is 4.21 Å². The summed E-state index contributed by atoms with van der Waals surface area (Å²) in [4.78, 5) is 8.17. The summed E-state index contributed by atoms with van der Waals surface area (Å²) in [5.41, 5.74) is 0.757. The molecule has 6 heteroatoms. The molecule has 0 amide bonds. The Morgan fingerprint density at radius 2 is 2.44 bits per heavy atom. The van der Waals surface area contributed by atoms with Crippen LogP contribution in [0, 0.1) is 12.8 Å². The second-order valence-corrected chi connectivity index (χ2v) is 5.76. The molecule has 16 heavy (non-hydrogen) atoms. The van der Waals surface area contributed by atoms with Gasteiger partial charge in [0.2, 0.25) is 5.16 Å². The Bertz CT molecular complexity index is 387. The van der Waals surface area contributed by atoms with Crippen molar-refractivity contribution >= 4 is 22.4 Å². The fraction of sp³-hybridized carbons (Fsp3) is 0.600. The Morgan fingerprint density at radius 1 is 1.62 bits per heavy atom. The number of nitrogens with zero attached hydrogens (tertiary/aromatic N) is 2. The third kappa shape index (κ3) is 2.99. The zero-order chi connectivity index (χ0) is 11.5. The lowest BCUT2D eigenvalue weighted by Crippen LogP contribution is -2.16. The molecule has 0 bridgehead atoms. The average molecular weight is 260 g/mol. The third-order valence-corrected chi connectivity index (χ3v) is 4.11. The summed E-state index contributed by atoms with van der Waals surface area (Å²) in [5.74, 6) is 1.08. The summed E-state index contributed by atoms with van der Waals surface area (Å²) in [6.45, 7) is 3.77. The summed E-state index contributed by atoms with van der Waals surface area (Å²) in [5, 5.41) is 3.97. The van der Waals surface area contributed by atoms with Crippen LogP contribution in [-0.4, -0.2) is 33.0 Å². The third-order valence-electron chi connectivity index (χ3n) is 2.56. The van der Waals surface area contributed by atoms with Crippen molar-refractivity contribution in [2.75, 3.05) is 18.8 Å². The van der Waals surface area contributed by atoms with Crippen LogP contribution in [0.2, 0.25) is 5.15 Å². The van der Waals surface area contributed by atoms with Gasteiger partial charge in [0, 0.05) is 11.4 Å². The van der Waals surface area contributed by atoms with Crippen molar-refractivity contribution in [2.45, 2.75) is 18.5 Å². The predicted octanol–water partition coefficient (Wildman–Crippen LogP) is 1.16. The molecule has 0 aromatic carbocycles. The highest BCUT2D eigenvalue weighted by atomic mass is 35.5. The summed E-state index contributed by atoms with van der Waals surface area (Å²) in [7, 11) is -1.14. The molecule has 0 aliphatic carbocycles. The van der Waals surface area contributed by atoms with E-state index in [2.05, 4.69) is 15.3 Å². The molecule has 1 aromatic rings. The minimum Gasteiger partial charge on any atom is -0.316 e. The zero-order valence-corrected chi connectivity index (χ0v) is 10.6. The summed E-state index contributed by atoms with van der Waals surface area (Å²) in [6.07, 6.45) is 1.07. The molecule has 2 heterocycles. The number of aromatic nitrogens is 2. The van der Waals surface area contributed by atoms with E-state index in [9.17, 15) is 4.21 Å². The van der Waals surface area contributed by atoms with E-state index in [1.807, 2.05) is 6.92 Å². The van der Waals surface area contributed by atoms with Crippen LogP contribution in [0.5, 0.6) is 0 Å². The summed E-state index contributed by atoms with van der Waals surface area (Å²) in [6, 6.07) is 1.67. The number of hydrogen-bond acceptors (Lipinski definition) is 4. The molecular weight excluding hydrogens is 246 g/mol. The van der Waals surface area contributed by atoms with E-state index in [0.717, 1.165) is 25.2 Å². The van der Waals surface area contributed by atoms with Crippen LogP contribution in [-0.2, 0) is 10.8 Å². The van der Waals surface area contributed by atoms with E-state index in [1.54, 1.807) is 6.07 Å². The number of hydrogen-bond donors (Lipinski definition) is 1. The molecule has 1 fully saturated rings. The lowest BCUT2D eigenvalue weighted by atomic mass is 10.2. The van der Waals surface area contributed by atoms with E-state index < -0.39 is 10.8 Å². The van der Waals surface area contributed by atoms with Gasteiger partial charge in [0.15, 0.2) is 0 Å². The minimum atomic E-state index is -1.14. The Hall–Kier alpha value is -0.520. The van der Waals surface area contributed by atoms with Gasteiger partial charge >= 0.3 is 0 Å². The van der Waals surface area contributed by atoms with Crippen LogP contribution in [0.1, 0.15) is 12.1 Å². The van der Waals surface area contributed by atoms with Gasteiger partial charge in [-0.15, -0.1) is 0 Å². The highest BCUT2D eigenvalue weighted by molar-refractivity contribution is 7.84. The smallest absolute Gasteiger partial charge is 0.220 e. The number of aryl methyl sites for hydroxylation is 1. The number of halogens is 1. The molecular formula is C10H14ClN3OS. The van der Waals surface area contributed by atoms with Crippen LogP contribution in [0.4, 0.5) is 0 Å². The van der Waals surface area contributed by atoms with Crippen molar-refractivity contribution in [2.24, 2.45) is 5.92 Å². The van der Waals surface area contributed by atoms with Crippen molar-refractivity contribution in [3.63, 3.8) is 0 Å². The zero-order valence-electron chi connectivity index (χ0n) is 9.07. The molecule has 0 unspecified atom stereocenters. The maximum absolute atomic E-state index is 12.0. The molecule has 1 N–H and O–H groups in total. The SMILES string of the molecule is Cc1cc(Cl)nc([S@](=O)C[C@@H]2CCNC2)n1. The van der Waals surface area contributed by atoms with Gasteiger partial charge in [-0.1, -0.05) is 11.6 Å². The van der Waals surface area contributed by atoms with Crippen LogP contribution in [0.25, 0.3) is 0 Å². The summed E-state index contributed by atoms with van der Waals surface area (Å²) >= 11 is 5.81. The van der Waals surface area contributed by atoms with E-state index in [0.29, 0.717) is 22.0 Å². The van der Waals surface area contributed by atoms with Gasteiger partial charge in [-0.3, -0.25) is 4.21 Å². The van der Waals surface area contributed by atoms with Gasteiger partial charge in [0.05, 0.1) is 10.8 Å². The number of nitrogens with one attached hydrogen (secondary N) is 1. The molecule has 2 atom stereocenters. The Morgan fingerprint density at radius 3 is 3.06 bits per heavy atom. The van der Waals surface area contributed by atoms with E-state index in [1.165, 1.54) is 0 Å². The fourth-order valence-corrected chi connectivity index (χ4v) is 3.35. The monoisotopic (exact) mass is 259 g/mol. The molecule has 0 spiro atoms. The van der Waals surface area contributed by atoms with Gasteiger partial charge in [-0.05, 0) is 38.4 Å². The Kier molecular flexibility index (Phi) is 3.89. The Labute approximate surface area is 102 Å². The second-order valence-electron chi connectivity index (χ2n) is 3.99. The topological polar surface area (TPSA) is 54.9 Å². The maximum Gasteiger partial charge on any atom is 0.220 e. The molecule has 2 rings (SSSR count). The van der Waals surface area contributed by atoms with Gasteiger partial charge in [0.25, 0.3) is 0 Å². The molecule has 1 saturated heterocycles. The van der Waals surface area contributed by atoms with Gasteiger partial charge in [0.1, 0.15) is 5.15 Å². The highest BCUT2D eigenvalue weighted by Gasteiger charge is 2.19. The molecule has 0 saturated carbocycles. The van der Waals surface area contributed by atoms with Crippen molar-refractivity contribution in [1.29, 1.82) is 0 Å². The van der Waals surface area contributed by atoms with Crippen LogP contribution in [0.3, 0.4) is 0 Å². The predicted molar refractivity (Wildman–Crippen MR) is 64.0 cm³/mol. The Balaban J connectivity index is 2.07. The van der Waals surface area contributed by atoms with E-state index >= 15 is 0 Å². The minimum absolute atomic E-state index is 0.358. The van der Waals surface area contributed by atoms with Gasteiger partial charge in [-0.25, -0.2) is 9.97 Å². The quantitative estimate of drug-likeness (QED) is 0.654. The van der Waals surface area contributed by atoms with Crippen LogP contribution >= 0.6 is 11.6 Å². The van der Waals surface area contributed by atoms with Crippen molar-refractivity contribution in [3.8, 4) is 0 Å². The summed E-state index contributed by atoms with van der Waals surface area (Å²) < 4.78 is 12.0.